The third-order valence-corrected chi connectivity index (χ3v) is 5.76. The monoisotopic (exact) mass is 284 g/mol. The van der Waals surface area contributed by atoms with Gasteiger partial charge in [0.05, 0.1) is 0 Å². The van der Waals surface area contributed by atoms with Gasteiger partial charge in [0.15, 0.2) is 0 Å². The van der Waals surface area contributed by atoms with Crippen LogP contribution in [0.2, 0.25) is 0 Å². The smallest absolute Gasteiger partial charge is 0.00604 e. The van der Waals surface area contributed by atoms with Gasteiger partial charge in [0.25, 0.3) is 0 Å². The van der Waals surface area contributed by atoms with Crippen molar-refractivity contribution in [3.63, 3.8) is 0 Å². The van der Waals surface area contributed by atoms with E-state index in [4.69, 9.17) is 0 Å². The maximum absolute atomic E-state index is 2.47. The van der Waals surface area contributed by atoms with Crippen LogP contribution in [0.25, 0.3) is 12.2 Å². The molecule has 2 aromatic rings. The van der Waals surface area contributed by atoms with Gasteiger partial charge in [-0.25, -0.2) is 0 Å². The maximum Gasteiger partial charge on any atom is 0.00604 e. The molecule has 0 amide bonds. The molecule has 0 N–H and O–H groups in total. The average molecular weight is 284 g/mol. The molecular formula is C22H20. The lowest BCUT2D eigenvalue weighted by Crippen LogP contribution is -2.08. The molecule has 0 nitrogen and oxygen atoms in total. The van der Waals surface area contributed by atoms with E-state index >= 15 is 0 Å². The summed E-state index contributed by atoms with van der Waals surface area (Å²) in [6, 6.07) is 18.0. The Balaban J connectivity index is 1.51. The zero-order valence-corrected chi connectivity index (χ0v) is 12.8. The van der Waals surface area contributed by atoms with Crippen molar-refractivity contribution in [1.82, 2.24) is 0 Å². The third-order valence-electron chi connectivity index (χ3n) is 5.76. The van der Waals surface area contributed by atoms with Gasteiger partial charge in [0.1, 0.15) is 0 Å². The number of rotatable bonds is 0. The highest BCUT2D eigenvalue weighted by Crippen LogP contribution is 2.49. The van der Waals surface area contributed by atoms with Gasteiger partial charge in [-0.1, -0.05) is 71.8 Å². The Bertz CT molecular complexity index is 737. The van der Waals surface area contributed by atoms with Crippen molar-refractivity contribution in [3.8, 4) is 0 Å². The van der Waals surface area contributed by atoms with Crippen molar-refractivity contribution in [2.45, 2.75) is 37.5 Å². The highest BCUT2D eigenvalue weighted by molar-refractivity contribution is 5.69. The fourth-order valence-electron chi connectivity index (χ4n) is 4.72. The molecule has 0 bridgehead atoms. The summed E-state index contributed by atoms with van der Waals surface area (Å²) in [7, 11) is 0. The summed E-state index contributed by atoms with van der Waals surface area (Å²) < 4.78 is 0. The highest BCUT2D eigenvalue weighted by Gasteiger charge is 2.32. The molecule has 0 heterocycles. The predicted octanol–water partition coefficient (Wildman–Crippen LogP) is 5.92. The van der Waals surface area contributed by atoms with E-state index in [9.17, 15) is 0 Å². The van der Waals surface area contributed by atoms with E-state index in [1.807, 2.05) is 0 Å². The van der Waals surface area contributed by atoms with Crippen LogP contribution in [0.3, 0.4) is 0 Å². The van der Waals surface area contributed by atoms with E-state index in [1.54, 1.807) is 22.3 Å². The molecule has 108 valence electrons. The molecule has 0 saturated heterocycles. The molecule has 0 aliphatic heterocycles. The summed E-state index contributed by atoms with van der Waals surface area (Å²) in [6.45, 7) is 0. The molecule has 0 spiro atoms. The first kappa shape index (κ1) is 12.5. The van der Waals surface area contributed by atoms with Crippen LogP contribution in [0, 0.1) is 0 Å². The summed E-state index contributed by atoms with van der Waals surface area (Å²) in [4.78, 5) is 0. The van der Waals surface area contributed by atoms with Crippen LogP contribution in [-0.4, -0.2) is 0 Å². The molecule has 2 atom stereocenters. The number of benzene rings is 2. The first-order valence-corrected chi connectivity index (χ1v) is 8.49. The van der Waals surface area contributed by atoms with Crippen LogP contribution in [0.4, 0.5) is 0 Å². The van der Waals surface area contributed by atoms with E-state index < -0.39 is 0 Å². The molecule has 0 aromatic heterocycles. The molecule has 3 aliphatic carbocycles. The van der Waals surface area contributed by atoms with Gasteiger partial charge in [0, 0.05) is 11.8 Å². The van der Waals surface area contributed by atoms with Crippen LogP contribution in [-0.2, 0) is 0 Å². The van der Waals surface area contributed by atoms with Crippen molar-refractivity contribution in [1.29, 1.82) is 0 Å². The van der Waals surface area contributed by atoms with Gasteiger partial charge in [-0.15, -0.1) is 0 Å². The molecule has 22 heavy (non-hydrogen) atoms. The summed E-state index contributed by atoms with van der Waals surface area (Å²) in [5.74, 6) is 1.34. The van der Waals surface area contributed by atoms with Crippen molar-refractivity contribution >= 4 is 12.2 Å². The van der Waals surface area contributed by atoms with Gasteiger partial charge in [-0.05, 0) is 47.9 Å². The molecular weight excluding hydrogens is 264 g/mol. The number of fused-ring (bicyclic) bond motifs is 6. The minimum absolute atomic E-state index is 0.668. The van der Waals surface area contributed by atoms with Crippen LogP contribution < -0.4 is 0 Å². The van der Waals surface area contributed by atoms with Crippen molar-refractivity contribution < 1.29 is 0 Å². The van der Waals surface area contributed by atoms with Crippen molar-refractivity contribution in [3.05, 3.63) is 81.9 Å². The van der Waals surface area contributed by atoms with Crippen molar-refractivity contribution in [2.75, 3.05) is 0 Å². The lowest BCUT2D eigenvalue weighted by Gasteiger charge is -2.25. The summed E-state index contributed by atoms with van der Waals surface area (Å²) >= 11 is 0. The normalized spacial score (nSPS) is 25.1. The summed E-state index contributed by atoms with van der Waals surface area (Å²) in [5.41, 5.74) is 9.39. The largest absolute Gasteiger partial charge is 0.0620 e. The molecule has 1 saturated carbocycles. The Kier molecular flexibility index (Phi) is 2.67. The highest BCUT2D eigenvalue weighted by atomic mass is 14.4. The van der Waals surface area contributed by atoms with Gasteiger partial charge >= 0.3 is 0 Å². The first-order valence-electron chi connectivity index (χ1n) is 8.49. The number of hydrogen-bond acceptors (Lipinski definition) is 0. The average Bonchev–Trinajstić information content (AvgIpc) is 3.06. The fraction of sp³-hybridized carbons (Fsp3) is 0.273. The van der Waals surface area contributed by atoms with E-state index in [-0.39, 0.29) is 0 Å². The van der Waals surface area contributed by atoms with Crippen LogP contribution in [0.15, 0.2) is 59.7 Å². The Hall–Kier alpha value is -2.08. The van der Waals surface area contributed by atoms with Gasteiger partial charge in [-0.3, -0.25) is 0 Å². The Morgan fingerprint density at radius 2 is 1.05 bits per heavy atom. The minimum atomic E-state index is 0.668. The van der Waals surface area contributed by atoms with E-state index in [0.29, 0.717) is 11.8 Å². The Morgan fingerprint density at radius 3 is 1.55 bits per heavy atom. The lowest BCUT2D eigenvalue weighted by molar-refractivity contribution is 0.580. The lowest BCUT2D eigenvalue weighted by atomic mass is 9.79. The fourth-order valence-corrected chi connectivity index (χ4v) is 4.72. The summed E-state index contributed by atoms with van der Waals surface area (Å²) in [6.07, 6.45) is 9.98. The number of allylic oxidation sites excluding steroid dienone is 2. The minimum Gasteiger partial charge on any atom is -0.0620 e. The van der Waals surface area contributed by atoms with Crippen LogP contribution >= 0.6 is 0 Å². The zero-order valence-electron chi connectivity index (χ0n) is 12.8. The zero-order chi connectivity index (χ0) is 14.5. The molecule has 3 aliphatic rings. The molecule has 5 rings (SSSR count). The van der Waals surface area contributed by atoms with E-state index in [1.165, 1.54) is 36.8 Å². The second kappa shape index (κ2) is 4.71. The predicted molar refractivity (Wildman–Crippen MR) is 92.8 cm³/mol. The first-order chi connectivity index (χ1) is 10.9. The van der Waals surface area contributed by atoms with Crippen LogP contribution in [0.1, 0.15) is 59.8 Å². The van der Waals surface area contributed by atoms with Gasteiger partial charge < -0.3 is 0 Å². The maximum atomic E-state index is 2.47. The molecule has 0 radical (unpaired) electrons. The second-order valence-corrected chi connectivity index (χ2v) is 6.88. The molecule has 2 unspecified atom stereocenters. The number of hydrogen-bond donors (Lipinski definition) is 0. The second-order valence-electron chi connectivity index (χ2n) is 6.88. The topological polar surface area (TPSA) is 0 Å². The Labute approximate surface area is 132 Å². The molecule has 1 fully saturated rings. The molecule has 2 aromatic carbocycles. The summed E-state index contributed by atoms with van der Waals surface area (Å²) in [5, 5.41) is 0. The van der Waals surface area contributed by atoms with Crippen molar-refractivity contribution in [2.24, 2.45) is 0 Å². The van der Waals surface area contributed by atoms with E-state index in [0.717, 1.165) is 0 Å². The van der Waals surface area contributed by atoms with E-state index in [2.05, 4.69) is 60.7 Å². The standard InChI is InChI=1S/C22H20/c1-3-7-19-15(5-1)13-17-9-12-22-18(10-11-21(17)19)14-16-6-2-4-8-20(16)22/h1-8,13-14,21-22H,9-12H2. The molecule has 0 heteroatoms. The SMILES string of the molecule is C1=C2CCC3C(=Cc4ccccc43)CCC2c2ccccc21. The van der Waals surface area contributed by atoms with Gasteiger partial charge in [0.2, 0.25) is 0 Å². The van der Waals surface area contributed by atoms with Crippen LogP contribution in [0.5, 0.6) is 0 Å². The third kappa shape index (κ3) is 1.76. The quantitative estimate of drug-likeness (QED) is 0.563. The van der Waals surface area contributed by atoms with Gasteiger partial charge in [-0.2, -0.15) is 0 Å². The Morgan fingerprint density at radius 1 is 0.591 bits per heavy atom.